The maximum atomic E-state index is 12.2. The average molecular weight is 288 g/mol. The number of urea groups is 1. The summed E-state index contributed by atoms with van der Waals surface area (Å²) in [6.45, 7) is 1.52. The van der Waals surface area contributed by atoms with Gasteiger partial charge < -0.3 is 15.3 Å². The predicted molar refractivity (Wildman–Crippen MR) is 77.9 cm³/mol. The Morgan fingerprint density at radius 1 is 1.24 bits per heavy atom. The van der Waals surface area contributed by atoms with Crippen LogP contribution >= 0.6 is 0 Å². The molecule has 1 aromatic rings. The van der Waals surface area contributed by atoms with E-state index in [1.165, 1.54) is 11.1 Å². The van der Waals surface area contributed by atoms with Crippen LogP contribution in [0.25, 0.3) is 0 Å². The van der Waals surface area contributed by atoms with Crippen LogP contribution in [0.4, 0.5) is 4.79 Å². The SMILES string of the molecule is O=C(NCC1(C(=O)O)CCC1)N1CCc2ccccc2C1. The number of hydrogen-bond acceptors (Lipinski definition) is 2. The highest BCUT2D eigenvalue weighted by atomic mass is 16.4. The third-order valence-corrected chi connectivity index (χ3v) is 4.76. The van der Waals surface area contributed by atoms with E-state index < -0.39 is 11.4 Å². The Bertz CT molecular complexity index is 566. The molecule has 2 amide bonds. The van der Waals surface area contributed by atoms with Gasteiger partial charge in [-0.3, -0.25) is 4.79 Å². The summed E-state index contributed by atoms with van der Waals surface area (Å²) < 4.78 is 0. The highest BCUT2D eigenvalue weighted by molar-refractivity contribution is 5.79. The van der Waals surface area contributed by atoms with E-state index in [0.29, 0.717) is 25.9 Å². The Balaban J connectivity index is 1.59. The molecule has 0 saturated heterocycles. The molecule has 5 heteroatoms. The van der Waals surface area contributed by atoms with Gasteiger partial charge in [0, 0.05) is 19.6 Å². The van der Waals surface area contributed by atoms with Crippen molar-refractivity contribution >= 4 is 12.0 Å². The molecule has 0 spiro atoms. The van der Waals surface area contributed by atoms with Gasteiger partial charge in [-0.1, -0.05) is 30.7 Å². The highest BCUT2D eigenvalue weighted by Crippen LogP contribution is 2.40. The molecule has 5 nitrogen and oxygen atoms in total. The number of hydrogen-bond donors (Lipinski definition) is 2. The van der Waals surface area contributed by atoms with Crippen molar-refractivity contribution in [1.82, 2.24) is 10.2 Å². The summed E-state index contributed by atoms with van der Waals surface area (Å²) in [5.41, 5.74) is 1.74. The normalized spacial score (nSPS) is 19.3. The minimum absolute atomic E-state index is 0.156. The summed E-state index contributed by atoms with van der Waals surface area (Å²) in [7, 11) is 0. The van der Waals surface area contributed by atoms with Gasteiger partial charge in [-0.15, -0.1) is 0 Å². The first-order valence-electron chi connectivity index (χ1n) is 7.44. The Hall–Kier alpha value is -2.04. The molecule has 1 fully saturated rings. The van der Waals surface area contributed by atoms with Crippen LogP contribution in [0.3, 0.4) is 0 Å². The molecule has 0 unspecified atom stereocenters. The second-order valence-corrected chi connectivity index (χ2v) is 6.04. The predicted octanol–water partition coefficient (Wildman–Crippen LogP) is 2.01. The summed E-state index contributed by atoms with van der Waals surface area (Å²) in [6, 6.07) is 7.98. The molecule has 1 aliphatic carbocycles. The summed E-state index contributed by atoms with van der Waals surface area (Å²) in [4.78, 5) is 25.3. The fourth-order valence-corrected chi connectivity index (χ4v) is 3.10. The number of nitrogens with zero attached hydrogens (tertiary/aromatic N) is 1. The van der Waals surface area contributed by atoms with Crippen LogP contribution in [0, 0.1) is 5.41 Å². The maximum Gasteiger partial charge on any atom is 0.317 e. The van der Waals surface area contributed by atoms with Crippen LogP contribution in [-0.2, 0) is 17.8 Å². The third kappa shape index (κ3) is 2.60. The lowest BCUT2D eigenvalue weighted by Crippen LogP contribution is -2.51. The maximum absolute atomic E-state index is 12.2. The molecule has 1 aromatic carbocycles. The molecular weight excluding hydrogens is 268 g/mol. The first kappa shape index (κ1) is 13.9. The lowest BCUT2D eigenvalue weighted by Gasteiger charge is -2.38. The van der Waals surface area contributed by atoms with Crippen molar-refractivity contribution in [2.24, 2.45) is 5.41 Å². The number of rotatable bonds is 3. The van der Waals surface area contributed by atoms with E-state index in [0.717, 1.165) is 12.8 Å². The number of amides is 2. The molecule has 2 aliphatic rings. The van der Waals surface area contributed by atoms with Gasteiger partial charge in [-0.25, -0.2) is 4.79 Å². The fraction of sp³-hybridized carbons (Fsp3) is 0.500. The standard InChI is InChI=1S/C16H20N2O3/c19-14(20)16(7-3-8-16)11-17-15(21)18-9-6-12-4-1-2-5-13(12)10-18/h1-2,4-5H,3,6-11H2,(H,17,21)(H,19,20). The van der Waals surface area contributed by atoms with Crippen molar-refractivity contribution in [3.05, 3.63) is 35.4 Å². The Kier molecular flexibility index (Phi) is 3.57. The van der Waals surface area contributed by atoms with Crippen molar-refractivity contribution in [2.75, 3.05) is 13.1 Å². The number of fused-ring (bicyclic) bond motifs is 1. The van der Waals surface area contributed by atoms with Gasteiger partial charge >= 0.3 is 12.0 Å². The smallest absolute Gasteiger partial charge is 0.317 e. The molecule has 1 aliphatic heterocycles. The monoisotopic (exact) mass is 288 g/mol. The van der Waals surface area contributed by atoms with Crippen LogP contribution in [0.2, 0.25) is 0 Å². The van der Waals surface area contributed by atoms with E-state index >= 15 is 0 Å². The van der Waals surface area contributed by atoms with E-state index in [4.69, 9.17) is 0 Å². The molecule has 0 bridgehead atoms. The van der Waals surface area contributed by atoms with Gasteiger partial charge in [-0.2, -0.15) is 0 Å². The second-order valence-electron chi connectivity index (χ2n) is 6.04. The zero-order valence-electron chi connectivity index (χ0n) is 12.0. The van der Waals surface area contributed by atoms with Crippen LogP contribution < -0.4 is 5.32 Å². The zero-order chi connectivity index (χ0) is 14.9. The van der Waals surface area contributed by atoms with Crippen molar-refractivity contribution < 1.29 is 14.7 Å². The topological polar surface area (TPSA) is 69.6 Å². The minimum atomic E-state index is -0.793. The highest BCUT2D eigenvalue weighted by Gasteiger charge is 2.44. The Morgan fingerprint density at radius 3 is 2.57 bits per heavy atom. The number of nitrogens with one attached hydrogen (secondary N) is 1. The van der Waals surface area contributed by atoms with Gasteiger partial charge in [0.2, 0.25) is 0 Å². The number of carbonyl (C=O) groups excluding carboxylic acids is 1. The number of aliphatic carboxylic acids is 1. The molecule has 0 aromatic heterocycles. The molecule has 1 heterocycles. The van der Waals surface area contributed by atoms with Gasteiger partial charge in [0.15, 0.2) is 0 Å². The quantitative estimate of drug-likeness (QED) is 0.894. The van der Waals surface area contributed by atoms with Crippen molar-refractivity contribution in [1.29, 1.82) is 0 Å². The molecule has 2 N–H and O–H groups in total. The van der Waals surface area contributed by atoms with E-state index in [1.54, 1.807) is 4.90 Å². The summed E-state index contributed by atoms with van der Waals surface area (Å²) >= 11 is 0. The van der Waals surface area contributed by atoms with E-state index in [1.807, 2.05) is 18.2 Å². The molecule has 1 saturated carbocycles. The second kappa shape index (κ2) is 5.39. The van der Waals surface area contributed by atoms with Crippen molar-refractivity contribution in [3.8, 4) is 0 Å². The number of carbonyl (C=O) groups is 2. The van der Waals surface area contributed by atoms with Crippen LogP contribution in [0.15, 0.2) is 24.3 Å². The first-order valence-corrected chi connectivity index (χ1v) is 7.44. The lowest BCUT2D eigenvalue weighted by molar-refractivity contribution is -0.153. The van der Waals surface area contributed by atoms with Gasteiger partial charge in [0.1, 0.15) is 0 Å². The van der Waals surface area contributed by atoms with Crippen molar-refractivity contribution in [3.63, 3.8) is 0 Å². The van der Waals surface area contributed by atoms with E-state index in [-0.39, 0.29) is 12.6 Å². The van der Waals surface area contributed by atoms with Crippen LogP contribution in [0.1, 0.15) is 30.4 Å². The largest absolute Gasteiger partial charge is 0.481 e. The van der Waals surface area contributed by atoms with E-state index in [9.17, 15) is 14.7 Å². The summed E-state index contributed by atoms with van der Waals surface area (Å²) in [5.74, 6) is -0.793. The number of carboxylic acid groups (broad SMARTS) is 1. The van der Waals surface area contributed by atoms with Crippen LogP contribution in [-0.4, -0.2) is 35.1 Å². The zero-order valence-corrected chi connectivity index (χ0v) is 12.0. The summed E-state index contributed by atoms with van der Waals surface area (Å²) in [6.07, 6.45) is 3.10. The molecule has 0 atom stereocenters. The average Bonchev–Trinajstić information content (AvgIpc) is 2.45. The molecule has 3 rings (SSSR count). The van der Waals surface area contributed by atoms with E-state index in [2.05, 4.69) is 11.4 Å². The van der Waals surface area contributed by atoms with Crippen molar-refractivity contribution in [2.45, 2.75) is 32.2 Å². The lowest BCUT2D eigenvalue weighted by atomic mass is 9.69. The Labute approximate surface area is 123 Å². The van der Waals surface area contributed by atoms with Gasteiger partial charge in [0.25, 0.3) is 0 Å². The summed E-state index contributed by atoms with van der Waals surface area (Å²) in [5, 5.41) is 12.1. The van der Waals surface area contributed by atoms with Gasteiger partial charge in [0.05, 0.1) is 5.41 Å². The first-order chi connectivity index (χ1) is 10.1. The number of carboxylic acids is 1. The fourth-order valence-electron chi connectivity index (χ4n) is 3.10. The van der Waals surface area contributed by atoms with Gasteiger partial charge in [-0.05, 0) is 30.4 Å². The molecule has 112 valence electrons. The molecule has 21 heavy (non-hydrogen) atoms. The molecule has 0 radical (unpaired) electrons. The van der Waals surface area contributed by atoms with Crippen LogP contribution in [0.5, 0.6) is 0 Å². The molecular formula is C16H20N2O3. The Morgan fingerprint density at radius 2 is 1.95 bits per heavy atom. The number of benzene rings is 1. The third-order valence-electron chi connectivity index (χ3n) is 4.76. The minimum Gasteiger partial charge on any atom is -0.481 e.